The van der Waals surface area contributed by atoms with Crippen molar-refractivity contribution in [1.82, 2.24) is 19.9 Å². The molecule has 7 heteroatoms. The Balaban J connectivity index is 1.87. The van der Waals surface area contributed by atoms with Gasteiger partial charge in [0.25, 0.3) is 0 Å². The molecule has 0 saturated heterocycles. The number of carbonyl (C=O) groups excluding carboxylic acids is 1. The molecule has 0 aliphatic heterocycles. The highest BCUT2D eigenvalue weighted by molar-refractivity contribution is 7.09. The van der Waals surface area contributed by atoms with Crippen LogP contribution in [0.15, 0.2) is 17.8 Å². The lowest BCUT2D eigenvalue weighted by Crippen LogP contribution is -2.26. The monoisotopic (exact) mass is 307 g/mol. The predicted octanol–water partition coefficient (Wildman–Crippen LogP) is 1.39. The van der Waals surface area contributed by atoms with E-state index in [0.29, 0.717) is 12.5 Å². The van der Waals surface area contributed by atoms with Crippen LogP contribution in [-0.4, -0.2) is 20.4 Å². The molecule has 0 bridgehead atoms. The molecule has 2 heterocycles. The minimum Gasteiger partial charge on any atom is -0.349 e. The van der Waals surface area contributed by atoms with Gasteiger partial charge in [-0.15, -0.1) is 11.3 Å². The van der Waals surface area contributed by atoms with E-state index >= 15 is 0 Å². The summed E-state index contributed by atoms with van der Waals surface area (Å²) in [7, 11) is 1.90. The second-order valence-electron chi connectivity index (χ2n) is 5.35. The van der Waals surface area contributed by atoms with Crippen molar-refractivity contribution in [2.45, 2.75) is 32.9 Å². The molecular formula is C14H21N5OS. The molecule has 1 atom stereocenters. The quantitative estimate of drug-likeness (QED) is 0.844. The van der Waals surface area contributed by atoms with Crippen molar-refractivity contribution in [1.29, 1.82) is 0 Å². The lowest BCUT2D eigenvalue weighted by atomic mass is 10.1. The molecule has 1 amide bonds. The number of rotatable bonds is 6. The van der Waals surface area contributed by atoms with Gasteiger partial charge >= 0.3 is 0 Å². The van der Waals surface area contributed by atoms with Crippen LogP contribution in [-0.2, 0) is 24.8 Å². The van der Waals surface area contributed by atoms with Gasteiger partial charge in [0.1, 0.15) is 10.8 Å². The van der Waals surface area contributed by atoms with Gasteiger partial charge in [0.15, 0.2) is 0 Å². The molecule has 0 aromatic carbocycles. The van der Waals surface area contributed by atoms with E-state index in [9.17, 15) is 4.79 Å². The number of aromatic nitrogens is 3. The summed E-state index contributed by atoms with van der Waals surface area (Å²) in [6.07, 6.45) is 3.83. The van der Waals surface area contributed by atoms with Crippen LogP contribution in [0.5, 0.6) is 0 Å². The number of amides is 1. The first kappa shape index (κ1) is 15.7. The van der Waals surface area contributed by atoms with Crippen LogP contribution in [0.2, 0.25) is 0 Å². The molecule has 3 N–H and O–H groups in total. The van der Waals surface area contributed by atoms with Gasteiger partial charge in [0.05, 0.1) is 24.7 Å². The molecule has 2 rings (SSSR count). The van der Waals surface area contributed by atoms with Crippen LogP contribution in [0.25, 0.3) is 0 Å². The van der Waals surface area contributed by atoms with Crippen molar-refractivity contribution in [2.24, 2.45) is 18.7 Å². The van der Waals surface area contributed by atoms with Crippen molar-refractivity contribution < 1.29 is 4.79 Å². The normalized spacial score (nSPS) is 12.6. The van der Waals surface area contributed by atoms with E-state index in [2.05, 4.69) is 29.1 Å². The van der Waals surface area contributed by atoms with E-state index < -0.39 is 0 Å². The third kappa shape index (κ3) is 4.12. The smallest absolute Gasteiger partial charge is 0.226 e. The maximum Gasteiger partial charge on any atom is 0.226 e. The maximum atomic E-state index is 11.9. The Kier molecular flexibility index (Phi) is 5.08. The number of imidazole rings is 1. The van der Waals surface area contributed by atoms with Gasteiger partial charge in [-0.1, -0.05) is 13.8 Å². The first-order valence-corrected chi connectivity index (χ1v) is 7.78. The number of hydrogen-bond acceptors (Lipinski definition) is 5. The summed E-state index contributed by atoms with van der Waals surface area (Å²) in [5.41, 5.74) is 6.82. The Bertz CT molecular complexity index is 604. The Morgan fingerprint density at radius 2 is 2.29 bits per heavy atom. The fraction of sp³-hybridized carbons (Fsp3) is 0.500. The van der Waals surface area contributed by atoms with Gasteiger partial charge in [-0.25, -0.2) is 9.97 Å². The Morgan fingerprint density at radius 3 is 2.90 bits per heavy atom. The van der Waals surface area contributed by atoms with Crippen molar-refractivity contribution in [2.75, 3.05) is 0 Å². The van der Waals surface area contributed by atoms with E-state index in [4.69, 9.17) is 5.73 Å². The van der Waals surface area contributed by atoms with Crippen LogP contribution < -0.4 is 11.1 Å². The number of thiazole rings is 1. The topological polar surface area (TPSA) is 85.8 Å². The predicted molar refractivity (Wildman–Crippen MR) is 82.6 cm³/mol. The molecule has 21 heavy (non-hydrogen) atoms. The molecule has 6 nitrogen and oxygen atoms in total. The van der Waals surface area contributed by atoms with Gasteiger partial charge in [0.2, 0.25) is 5.91 Å². The van der Waals surface area contributed by atoms with Gasteiger partial charge < -0.3 is 15.6 Å². The zero-order valence-corrected chi connectivity index (χ0v) is 13.4. The van der Waals surface area contributed by atoms with E-state index in [0.717, 1.165) is 16.5 Å². The number of aryl methyl sites for hydroxylation is 1. The van der Waals surface area contributed by atoms with Crippen molar-refractivity contribution in [3.63, 3.8) is 0 Å². The summed E-state index contributed by atoms with van der Waals surface area (Å²) in [6.45, 7) is 4.54. The molecule has 114 valence electrons. The number of nitrogens with zero attached hydrogens (tertiary/aromatic N) is 3. The third-order valence-corrected chi connectivity index (χ3v) is 4.27. The molecule has 0 aliphatic rings. The van der Waals surface area contributed by atoms with Crippen molar-refractivity contribution in [3.05, 3.63) is 34.3 Å². The highest BCUT2D eigenvalue weighted by Gasteiger charge is 2.15. The summed E-state index contributed by atoms with van der Waals surface area (Å²) in [5.74, 6) is 1.10. The first-order valence-electron chi connectivity index (χ1n) is 6.90. The van der Waals surface area contributed by atoms with Crippen LogP contribution >= 0.6 is 11.3 Å². The average Bonchev–Trinajstić information content (AvgIpc) is 3.04. The maximum absolute atomic E-state index is 11.9. The molecule has 0 spiro atoms. The third-order valence-electron chi connectivity index (χ3n) is 3.28. The van der Waals surface area contributed by atoms with Gasteiger partial charge in [-0.3, -0.25) is 4.79 Å². The minimum atomic E-state index is -0.0700. The highest BCUT2D eigenvalue weighted by Crippen LogP contribution is 2.22. The van der Waals surface area contributed by atoms with Crippen molar-refractivity contribution >= 4 is 17.2 Å². The van der Waals surface area contributed by atoms with Crippen molar-refractivity contribution in [3.8, 4) is 0 Å². The summed E-state index contributed by atoms with van der Waals surface area (Å²) >= 11 is 1.51. The lowest BCUT2D eigenvalue weighted by molar-refractivity contribution is -0.120. The van der Waals surface area contributed by atoms with Crippen LogP contribution in [0, 0.1) is 5.92 Å². The largest absolute Gasteiger partial charge is 0.349 e. The van der Waals surface area contributed by atoms with Gasteiger partial charge in [-0.2, -0.15) is 0 Å². The van der Waals surface area contributed by atoms with E-state index in [1.807, 2.05) is 23.2 Å². The molecule has 0 fully saturated rings. The highest BCUT2D eigenvalue weighted by atomic mass is 32.1. The molecule has 2 aromatic heterocycles. The lowest BCUT2D eigenvalue weighted by Gasteiger charge is -2.11. The minimum absolute atomic E-state index is 0.0621. The Hall–Kier alpha value is -1.73. The summed E-state index contributed by atoms with van der Waals surface area (Å²) in [4.78, 5) is 20.5. The first-order chi connectivity index (χ1) is 9.97. The SMILES string of the molecule is CC(C)C(N)c1nc(CC(=O)NCc2nccn2C)cs1. The molecule has 0 aliphatic carbocycles. The zero-order valence-electron chi connectivity index (χ0n) is 12.5. The van der Waals surface area contributed by atoms with Gasteiger partial charge in [-0.05, 0) is 5.92 Å². The Labute approximate surface area is 128 Å². The Morgan fingerprint density at radius 1 is 1.52 bits per heavy atom. The second-order valence-corrected chi connectivity index (χ2v) is 6.24. The fourth-order valence-electron chi connectivity index (χ4n) is 1.81. The fourth-order valence-corrected chi connectivity index (χ4v) is 2.81. The molecule has 2 aromatic rings. The zero-order chi connectivity index (χ0) is 15.4. The van der Waals surface area contributed by atoms with Crippen LogP contribution in [0.4, 0.5) is 0 Å². The van der Waals surface area contributed by atoms with Crippen LogP contribution in [0.3, 0.4) is 0 Å². The standard InChI is InChI=1S/C14H21N5OS/c1-9(2)13(15)14-18-10(8-21-14)6-12(20)17-7-11-16-4-5-19(11)3/h4-5,8-9,13H,6-7,15H2,1-3H3,(H,17,20). The number of carbonyl (C=O) groups is 1. The van der Waals surface area contributed by atoms with E-state index in [1.165, 1.54) is 11.3 Å². The van der Waals surface area contributed by atoms with Crippen LogP contribution in [0.1, 0.15) is 36.4 Å². The number of hydrogen-bond donors (Lipinski definition) is 2. The summed E-state index contributed by atoms with van der Waals surface area (Å²) in [6, 6.07) is -0.0700. The summed E-state index contributed by atoms with van der Waals surface area (Å²) < 4.78 is 1.88. The van der Waals surface area contributed by atoms with Gasteiger partial charge in [0, 0.05) is 24.8 Å². The van der Waals surface area contributed by atoms with E-state index in [1.54, 1.807) is 6.20 Å². The number of nitrogens with two attached hydrogens (primary N) is 1. The molecule has 0 saturated carbocycles. The number of nitrogens with one attached hydrogen (secondary N) is 1. The molecular weight excluding hydrogens is 286 g/mol. The summed E-state index contributed by atoms with van der Waals surface area (Å²) in [5, 5.41) is 5.63. The van der Waals surface area contributed by atoms with E-state index in [-0.39, 0.29) is 18.4 Å². The average molecular weight is 307 g/mol. The second kappa shape index (κ2) is 6.82. The molecule has 0 radical (unpaired) electrons. The molecule has 1 unspecified atom stereocenters.